The van der Waals surface area contributed by atoms with E-state index >= 15 is 0 Å². The summed E-state index contributed by atoms with van der Waals surface area (Å²) >= 11 is 0. The quantitative estimate of drug-likeness (QED) is 0.602. The van der Waals surface area contributed by atoms with Crippen LogP contribution >= 0.6 is 0 Å². The number of aromatic hydroxyl groups is 1. The summed E-state index contributed by atoms with van der Waals surface area (Å²) in [5.41, 5.74) is 1.99. The molecule has 2 N–H and O–H groups in total. The highest BCUT2D eigenvalue weighted by molar-refractivity contribution is 5.88. The Kier molecular flexibility index (Phi) is 1.70. The smallest absolute Gasteiger partial charge is 0.117 e. The number of nitrogens with one attached hydrogen (secondary N) is 1. The summed E-state index contributed by atoms with van der Waals surface area (Å²) in [6.07, 6.45) is 1.83. The molecule has 1 heterocycles. The number of hydrogen-bond acceptors (Lipinski definition) is 3. The van der Waals surface area contributed by atoms with Gasteiger partial charge in [0.2, 0.25) is 0 Å². The Balaban J connectivity index is 2.46. The second-order valence-corrected chi connectivity index (χ2v) is 2.73. The Bertz CT molecular complexity index is 320. The Labute approximate surface area is 70.8 Å². The monoisotopic (exact) mass is 162 g/mol. The minimum atomic E-state index is 0.288. The van der Waals surface area contributed by atoms with Crippen LogP contribution in [0.25, 0.3) is 0 Å². The zero-order valence-corrected chi connectivity index (χ0v) is 6.62. The van der Waals surface area contributed by atoms with E-state index in [1.165, 1.54) is 0 Å². The highest BCUT2D eigenvalue weighted by Gasteiger charge is 2.03. The molecule has 0 aliphatic carbocycles. The van der Waals surface area contributed by atoms with Crippen LogP contribution in [0, 0.1) is 0 Å². The molecule has 0 spiro atoms. The van der Waals surface area contributed by atoms with Crippen LogP contribution in [-0.4, -0.2) is 24.4 Å². The Morgan fingerprint density at radius 3 is 3.25 bits per heavy atom. The van der Waals surface area contributed by atoms with E-state index in [0.717, 1.165) is 24.3 Å². The maximum atomic E-state index is 9.20. The van der Waals surface area contributed by atoms with Gasteiger partial charge in [-0.2, -0.15) is 0 Å². The molecule has 62 valence electrons. The predicted octanol–water partition coefficient (Wildman–Crippen LogP) is 1.24. The van der Waals surface area contributed by atoms with Crippen molar-refractivity contribution in [3.05, 3.63) is 23.8 Å². The highest BCUT2D eigenvalue weighted by atomic mass is 16.3. The van der Waals surface area contributed by atoms with Crippen molar-refractivity contribution < 1.29 is 5.11 Å². The lowest BCUT2D eigenvalue weighted by atomic mass is 10.2. The summed E-state index contributed by atoms with van der Waals surface area (Å²) in [5.74, 6) is 0.288. The van der Waals surface area contributed by atoms with Gasteiger partial charge in [0, 0.05) is 30.1 Å². The van der Waals surface area contributed by atoms with Crippen molar-refractivity contribution in [3.8, 4) is 5.75 Å². The molecule has 3 heteroatoms. The van der Waals surface area contributed by atoms with Crippen molar-refractivity contribution in [2.45, 2.75) is 0 Å². The van der Waals surface area contributed by atoms with Gasteiger partial charge in [0.1, 0.15) is 5.75 Å². The van der Waals surface area contributed by atoms with Gasteiger partial charge >= 0.3 is 0 Å². The predicted molar refractivity (Wildman–Crippen MR) is 49.1 cm³/mol. The van der Waals surface area contributed by atoms with Gasteiger partial charge in [-0.05, 0) is 12.1 Å². The summed E-state index contributed by atoms with van der Waals surface area (Å²) in [6.45, 7) is 1.61. The highest BCUT2D eigenvalue weighted by Crippen LogP contribution is 2.20. The van der Waals surface area contributed by atoms with Gasteiger partial charge in [-0.25, -0.2) is 0 Å². The minimum absolute atomic E-state index is 0.288. The van der Waals surface area contributed by atoms with Gasteiger partial charge in [-0.1, -0.05) is 0 Å². The molecule has 0 saturated heterocycles. The van der Waals surface area contributed by atoms with E-state index in [1.807, 2.05) is 12.3 Å². The van der Waals surface area contributed by atoms with E-state index in [2.05, 4.69) is 10.3 Å². The Hall–Kier alpha value is -1.51. The SMILES string of the molecule is Oc1ccc2c(c1)NCCN=C2. The van der Waals surface area contributed by atoms with Gasteiger partial charge in [0.15, 0.2) is 0 Å². The van der Waals surface area contributed by atoms with Crippen LogP contribution in [0.1, 0.15) is 5.56 Å². The number of phenols is 1. The number of nitrogens with zero attached hydrogens (tertiary/aromatic N) is 1. The fourth-order valence-electron chi connectivity index (χ4n) is 1.23. The molecule has 0 unspecified atom stereocenters. The lowest BCUT2D eigenvalue weighted by Crippen LogP contribution is -2.02. The normalized spacial score (nSPS) is 14.7. The van der Waals surface area contributed by atoms with Crippen molar-refractivity contribution >= 4 is 11.9 Å². The lowest BCUT2D eigenvalue weighted by Gasteiger charge is -2.05. The topological polar surface area (TPSA) is 44.6 Å². The third-order valence-corrected chi connectivity index (χ3v) is 1.82. The van der Waals surface area contributed by atoms with Crippen molar-refractivity contribution in [3.63, 3.8) is 0 Å². The van der Waals surface area contributed by atoms with E-state index in [0.29, 0.717) is 0 Å². The first-order valence-corrected chi connectivity index (χ1v) is 3.93. The third kappa shape index (κ3) is 1.25. The molecule has 0 atom stereocenters. The summed E-state index contributed by atoms with van der Waals surface area (Å²) in [5, 5.41) is 12.4. The first kappa shape index (κ1) is 7.16. The minimum Gasteiger partial charge on any atom is -0.508 e. The van der Waals surface area contributed by atoms with Crippen LogP contribution in [-0.2, 0) is 0 Å². The van der Waals surface area contributed by atoms with Crippen molar-refractivity contribution in [2.24, 2.45) is 4.99 Å². The van der Waals surface area contributed by atoms with Crippen LogP contribution in [0.5, 0.6) is 5.75 Å². The standard InChI is InChI=1S/C9H10N2O/c12-8-2-1-7-6-10-3-4-11-9(7)5-8/h1-2,5-6,11-12H,3-4H2. The van der Waals surface area contributed by atoms with E-state index in [1.54, 1.807) is 12.1 Å². The molecule has 3 nitrogen and oxygen atoms in total. The van der Waals surface area contributed by atoms with Crippen molar-refractivity contribution in [1.29, 1.82) is 0 Å². The van der Waals surface area contributed by atoms with Crippen LogP contribution in [0.2, 0.25) is 0 Å². The van der Waals surface area contributed by atoms with Gasteiger partial charge in [-0.15, -0.1) is 0 Å². The number of phenolic OH excluding ortho intramolecular Hbond substituents is 1. The number of hydrogen-bond donors (Lipinski definition) is 2. The largest absolute Gasteiger partial charge is 0.508 e. The van der Waals surface area contributed by atoms with Crippen LogP contribution < -0.4 is 5.32 Å². The summed E-state index contributed by atoms with van der Waals surface area (Å²) < 4.78 is 0. The maximum absolute atomic E-state index is 9.20. The molecule has 2 rings (SSSR count). The zero-order valence-electron chi connectivity index (χ0n) is 6.62. The molecular weight excluding hydrogens is 152 g/mol. The molecule has 1 aliphatic rings. The molecule has 0 amide bonds. The van der Waals surface area contributed by atoms with E-state index in [-0.39, 0.29) is 5.75 Å². The van der Waals surface area contributed by atoms with Crippen molar-refractivity contribution in [1.82, 2.24) is 0 Å². The van der Waals surface area contributed by atoms with Gasteiger partial charge in [0.25, 0.3) is 0 Å². The zero-order chi connectivity index (χ0) is 8.39. The molecule has 1 aromatic rings. The van der Waals surface area contributed by atoms with Crippen LogP contribution in [0.4, 0.5) is 5.69 Å². The molecule has 1 aliphatic heterocycles. The summed E-state index contributed by atoms with van der Waals surface area (Å²) in [4.78, 5) is 4.17. The van der Waals surface area contributed by atoms with Gasteiger partial charge < -0.3 is 10.4 Å². The van der Waals surface area contributed by atoms with E-state index < -0.39 is 0 Å². The molecule has 0 radical (unpaired) electrons. The number of aliphatic imine (C=N–C) groups is 1. The molecule has 1 aromatic carbocycles. The second kappa shape index (κ2) is 2.85. The maximum Gasteiger partial charge on any atom is 0.117 e. The van der Waals surface area contributed by atoms with Crippen LogP contribution in [0.15, 0.2) is 23.2 Å². The molecular formula is C9H10N2O. The number of anilines is 1. The molecule has 12 heavy (non-hydrogen) atoms. The van der Waals surface area contributed by atoms with Gasteiger partial charge in [0.05, 0.1) is 6.54 Å². The molecule has 0 fully saturated rings. The number of benzodiazepines with no additional fused rings is 1. The van der Waals surface area contributed by atoms with E-state index in [4.69, 9.17) is 0 Å². The van der Waals surface area contributed by atoms with Crippen molar-refractivity contribution in [2.75, 3.05) is 18.4 Å². The average Bonchev–Trinajstić information content (AvgIpc) is 2.28. The Morgan fingerprint density at radius 2 is 2.33 bits per heavy atom. The van der Waals surface area contributed by atoms with Gasteiger partial charge in [-0.3, -0.25) is 4.99 Å². The average molecular weight is 162 g/mol. The Morgan fingerprint density at radius 1 is 1.42 bits per heavy atom. The molecule has 0 saturated carbocycles. The number of benzene rings is 1. The van der Waals surface area contributed by atoms with Crippen LogP contribution in [0.3, 0.4) is 0 Å². The number of fused-ring (bicyclic) bond motifs is 1. The lowest BCUT2D eigenvalue weighted by molar-refractivity contribution is 0.475. The summed E-state index contributed by atoms with van der Waals surface area (Å²) in [7, 11) is 0. The molecule has 0 bridgehead atoms. The fraction of sp³-hybridized carbons (Fsp3) is 0.222. The third-order valence-electron chi connectivity index (χ3n) is 1.82. The first-order chi connectivity index (χ1) is 5.86. The first-order valence-electron chi connectivity index (χ1n) is 3.93. The fourth-order valence-corrected chi connectivity index (χ4v) is 1.23. The second-order valence-electron chi connectivity index (χ2n) is 2.73. The number of rotatable bonds is 0. The molecule has 0 aromatic heterocycles. The summed E-state index contributed by atoms with van der Waals surface area (Å²) in [6, 6.07) is 5.23. The van der Waals surface area contributed by atoms with E-state index in [9.17, 15) is 5.11 Å².